The fourth-order valence-corrected chi connectivity index (χ4v) is 3.81. The molecule has 0 saturated carbocycles. The van der Waals surface area contributed by atoms with E-state index in [-0.39, 0.29) is 5.91 Å². The Morgan fingerprint density at radius 1 is 1.00 bits per heavy atom. The van der Waals surface area contributed by atoms with Gasteiger partial charge in [0.05, 0.1) is 36.6 Å². The molecule has 0 radical (unpaired) electrons. The van der Waals surface area contributed by atoms with Gasteiger partial charge in [-0.05, 0) is 42.8 Å². The third-order valence-electron chi connectivity index (χ3n) is 5.39. The van der Waals surface area contributed by atoms with E-state index in [2.05, 4.69) is 15.5 Å². The number of aromatic nitrogens is 3. The Kier molecular flexibility index (Phi) is 7.30. The van der Waals surface area contributed by atoms with Gasteiger partial charge in [-0.1, -0.05) is 23.7 Å². The average molecular weight is 481 g/mol. The largest absolute Gasteiger partial charge is 0.493 e. The van der Waals surface area contributed by atoms with Gasteiger partial charge in [0.25, 0.3) is 5.91 Å². The first-order valence-corrected chi connectivity index (χ1v) is 11.1. The Labute approximate surface area is 202 Å². The van der Waals surface area contributed by atoms with Crippen molar-refractivity contribution in [2.24, 2.45) is 0 Å². The van der Waals surface area contributed by atoms with Gasteiger partial charge in [0.15, 0.2) is 17.1 Å². The normalized spacial score (nSPS) is 10.9. The first-order valence-electron chi connectivity index (χ1n) is 10.7. The van der Waals surface area contributed by atoms with E-state index in [1.54, 1.807) is 45.6 Å². The van der Waals surface area contributed by atoms with Crippen LogP contribution in [0.2, 0.25) is 5.02 Å². The summed E-state index contributed by atoms with van der Waals surface area (Å²) in [5.74, 6) is 0.950. The molecule has 0 saturated heterocycles. The Morgan fingerprint density at radius 3 is 2.44 bits per heavy atom. The number of nitrogens with zero attached hydrogens (tertiary/aromatic N) is 2. The number of aromatic amines is 1. The van der Waals surface area contributed by atoms with Crippen molar-refractivity contribution < 1.29 is 19.0 Å². The molecular formula is C25H25ClN4O4. The number of H-pyrrole nitrogens is 1. The summed E-state index contributed by atoms with van der Waals surface area (Å²) in [6, 6.07) is 14.6. The molecule has 0 spiro atoms. The van der Waals surface area contributed by atoms with Gasteiger partial charge >= 0.3 is 0 Å². The zero-order valence-corrected chi connectivity index (χ0v) is 19.9. The number of carbonyl (C=O) groups excluding carboxylic acids is 1. The van der Waals surface area contributed by atoms with E-state index in [4.69, 9.17) is 30.8 Å². The van der Waals surface area contributed by atoms with Gasteiger partial charge in [0.1, 0.15) is 0 Å². The van der Waals surface area contributed by atoms with E-state index in [9.17, 15) is 4.79 Å². The predicted octanol–water partition coefficient (Wildman–Crippen LogP) is 4.73. The maximum atomic E-state index is 13.3. The first-order chi connectivity index (χ1) is 16.5. The van der Waals surface area contributed by atoms with Crippen LogP contribution in [0.4, 0.5) is 0 Å². The minimum atomic E-state index is -0.221. The van der Waals surface area contributed by atoms with Gasteiger partial charge in [0.2, 0.25) is 0 Å². The topological polar surface area (TPSA) is 98.4 Å². The van der Waals surface area contributed by atoms with Crippen LogP contribution in [0.1, 0.15) is 16.8 Å². The molecule has 0 fully saturated rings. The molecule has 176 valence electrons. The van der Waals surface area contributed by atoms with E-state index < -0.39 is 0 Å². The fourth-order valence-electron chi connectivity index (χ4n) is 3.69. The van der Waals surface area contributed by atoms with Crippen LogP contribution in [-0.2, 0) is 4.74 Å². The number of halogens is 1. The molecule has 0 unspecified atom stereocenters. The first kappa shape index (κ1) is 23.5. The number of hydrogen-bond acceptors (Lipinski definition) is 6. The number of benzene rings is 2. The molecule has 0 bridgehead atoms. The molecule has 8 nitrogen and oxygen atoms in total. The van der Waals surface area contributed by atoms with Crippen molar-refractivity contribution in [2.45, 2.75) is 6.42 Å². The molecule has 1 amide bonds. The number of amides is 1. The molecule has 2 N–H and O–H groups in total. The van der Waals surface area contributed by atoms with E-state index in [0.717, 1.165) is 11.1 Å². The maximum Gasteiger partial charge on any atom is 0.252 e. The number of methoxy groups -OCH3 is 3. The lowest BCUT2D eigenvalue weighted by Crippen LogP contribution is -2.25. The molecule has 4 aromatic rings. The fraction of sp³-hybridized carbons (Fsp3) is 0.240. The van der Waals surface area contributed by atoms with Crippen LogP contribution < -0.4 is 14.8 Å². The van der Waals surface area contributed by atoms with Crippen LogP contribution >= 0.6 is 11.6 Å². The second-order valence-electron chi connectivity index (χ2n) is 7.53. The standard InChI is InChI=1S/C25H25ClN4O4/c1-32-12-4-11-27-25(31)18-14-19(16-7-10-20(33-2)21(13-16)34-3)28-24-22(18)23(29-30-24)15-5-8-17(26)9-6-15/h5-10,13-14H,4,11-12H2,1-3H3,(H,27,31)(H,28,29,30). The van der Waals surface area contributed by atoms with E-state index in [0.29, 0.717) is 64.1 Å². The number of nitrogens with one attached hydrogen (secondary N) is 2. The summed E-state index contributed by atoms with van der Waals surface area (Å²) in [6.45, 7) is 1.04. The Bertz CT molecular complexity index is 1300. The molecule has 34 heavy (non-hydrogen) atoms. The Morgan fingerprint density at radius 2 is 1.74 bits per heavy atom. The highest BCUT2D eigenvalue weighted by atomic mass is 35.5. The number of pyridine rings is 1. The van der Waals surface area contributed by atoms with Gasteiger partial charge in [0, 0.05) is 36.4 Å². The van der Waals surface area contributed by atoms with Crippen LogP contribution in [0.3, 0.4) is 0 Å². The van der Waals surface area contributed by atoms with Crippen LogP contribution in [0.5, 0.6) is 11.5 Å². The van der Waals surface area contributed by atoms with E-state index in [1.165, 1.54) is 0 Å². The van der Waals surface area contributed by atoms with E-state index in [1.807, 2.05) is 24.3 Å². The smallest absolute Gasteiger partial charge is 0.252 e. The number of rotatable bonds is 9. The summed E-state index contributed by atoms with van der Waals surface area (Å²) in [4.78, 5) is 18.0. The van der Waals surface area contributed by atoms with E-state index >= 15 is 0 Å². The van der Waals surface area contributed by atoms with Crippen molar-refractivity contribution in [3.05, 3.63) is 59.1 Å². The lowest BCUT2D eigenvalue weighted by molar-refractivity contribution is 0.0950. The van der Waals surface area contributed by atoms with Gasteiger partial charge in [-0.25, -0.2) is 4.98 Å². The van der Waals surface area contributed by atoms with Crippen LogP contribution in [0.25, 0.3) is 33.5 Å². The molecule has 0 atom stereocenters. The van der Waals surface area contributed by atoms with Gasteiger partial charge in [-0.2, -0.15) is 5.10 Å². The highest BCUT2D eigenvalue weighted by Crippen LogP contribution is 2.35. The number of carbonyl (C=O) groups is 1. The number of ether oxygens (including phenoxy) is 3. The zero-order chi connectivity index (χ0) is 24.1. The lowest BCUT2D eigenvalue weighted by atomic mass is 10.0. The minimum Gasteiger partial charge on any atom is -0.493 e. The second-order valence-corrected chi connectivity index (χ2v) is 7.97. The SMILES string of the molecule is COCCCNC(=O)c1cc(-c2ccc(OC)c(OC)c2)nc2n[nH]c(-c3ccc(Cl)cc3)c12. The number of fused-ring (bicyclic) bond motifs is 1. The lowest BCUT2D eigenvalue weighted by Gasteiger charge is -2.12. The number of hydrogen-bond donors (Lipinski definition) is 2. The van der Waals surface area contributed by atoms with Crippen molar-refractivity contribution in [3.63, 3.8) is 0 Å². The summed E-state index contributed by atoms with van der Waals surface area (Å²) in [6.07, 6.45) is 0.703. The predicted molar refractivity (Wildman–Crippen MR) is 132 cm³/mol. The summed E-state index contributed by atoms with van der Waals surface area (Å²) in [5, 5.41) is 11.7. The monoisotopic (exact) mass is 480 g/mol. The summed E-state index contributed by atoms with van der Waals surface area (Å²) < 4.78 is 15.9. The quantitative estimate of drug-likeness (QED) is 0.336. The average Bonchev–Trinajstić information content (AvgIpc) is 3.30. The molecular weight excluding hydrogens is 456 g/mol. The van der Waals surface area contributed by atoms with Gasteiger partial charge < -0.3 is 19.5 Å². The molecule has 4 rings (SSSR count). The van der Waals surface area contributed by atoms with Crippen LogP contribution in [-0.4, -0.2) is 55.6 Å². The molecule has 2 aromatic heterocycles. The molecule has 9 heteroatoms. The highest BCUT2D eigenvalue weighted by Gasteiger charge is 2.21. The summed E-state index contributed by atoms with van der Waals surface area (Å²) in [5.41, 5.74) is 3.79. The molecule has 2 aromatic carbocycles. The summed E-state index contributed by atoms with van der Waals surface area (Å²) in [7, 11) is 4.78. The van der Waals surface area contributed by atoms with Crippen molar-refractivity contribution in [3.8, 4) is 34.0 Å². The van der Waals surface area contributed by atoms with Crippen LogP contribution in [0.15, 0.2) is 48.5 Å². The van der Waals surface area contributed by atoms with Crippen molar-refractivity contribution >= 4 is 28.5 Å². The molecule has 2 heterocycles. The molecule has 0 aliphatic heterocycles. The third-order valence-corrected chi connectivity index (χ3v) is 5.64. The molecule has 0 aliphatic rings. The second kappa shape index (κ2) is 10.5. The maximum absolute atomic E-state index is 13.3. The van der Waals surface area contributed by atoms with Gasteiger partial charge in [-0.15, -0.1) is 0 Å². The van der Waals surface area contributed by atoms with Crippen LogP contribution in [0, 0.1) is 0 Å². The Hall–Kier alpha value is -3.62. The molecule has 0 aliphatic carbocycles. The highest BCUT2D eigenvalue weighted by molar-refractivity contribution is 6.30. The van der Waals surface area contributed by atoms with Crippen molar-refractivity contribution in [1.29, 1.82) is 0 Å². The van der Waals surface area contributed by atoms with Gasteiger partial charge in [-0.3, -0.25) is 9.89 Å². The summed E-state index contributed by atoms with van der Waals surface area (Å²) >= 11 is 6.06. The zero-order valence-electron chi connectivity index (χ0n) is 19.1. The third kappa shape index (κ3) is 4.83. The van der Waals surface area contributed by atoms with Crippen molar-refractivity contribution in [1.82, 2.24) is 20.5 Å². The minimum absolute atomic E-state index is 0.221. The Balaban J connectivity index is 1.83. The van der Waals surface area contributed by atoms with Crippen molar-refractivity contribution in [2.75, 3.05) is 34.5 Å².